The molecule has 2 heteroatoms. The highest BCUT2D eigenvalue weighted by Crippen LogP contribution is 2.16. The largest absolute Gasteiger partial charge is 0.301 e. The SMILES string of the molecule is CCN1CCN(Cc2ccc(C(C)C)cc2)CC1. The van der Waals surface area contributed by atoms with Gasteiger partial charge in [0.25, 0.3) is 0 Å². The Morgan fingerprint density at radius 2 is 1.50 bits per heavy atom. The van der Waals surface area contributed by atoms with E-state index < -0.39 is 0 Å². The van der Waals surface area contributed by atoms with Gasteiger partial charge in [-0.15, -0.1) is 0 Å². The van der Waals surface area contributed by atoms with Crippen LogP contribution in [0.2, 0.25) is 0 Å². The van der Waals surface area contributed by atoms with Gasteiger partial charge < -0.3 is 4.90 Å². The molecule has 0 aliphatic carbocycles. The molecule has 1 aliphatic rings. The van der Waals surface area contributed by atoms with E-state index in [9.17, 15) is 0 Å². The molecule has 0 bridgehead atoms. The first kappa shape index (κ1) is 13.6. The summed E-state index contributed by atoms with van der Waals surface area (Å²) in [5.74, 6) is 0.632. The van der Waals surface area contributed by atoms with Crippen molar-refractivity contribution in [3.8, 4) is 0 Å². The number of benzene rings is 1. The summed E-state index contributed by atoms with van der Waals surface area (Å²) in [6, 6.07) is 9.15. The minimum Gasteiger partial charge on any atom is -0.301 e. The van der Waals surface area contributed by atoms with Crippen molar-refractivity contribution >= 4 is 0 Å². The molecule has 0 atom stereocenters. The van der Waals surface area contributed by atoms with Crippen molar-refractivity contribution in [2.24, 2.45) is 0 Å². The molecule has 0 N–H and O–H groups in total. The second kappa shape index (κ2) is 6.35. The first-order chi connectivity index (χ1) is 8.69. The summed E-state index contributed by atoms with van der Waals surface area (Å²) < 4.78 is 0. The van der Waals surface area contributed by atoms with Gasteiger partial charge in [-0.1, -0.05) is 45.0 Å². The van der Waals surface area contributed by atoms with Crippen LogP contribution in [0.4, 0.5) is 0 Å². The molecule has 18 heavy (non-hydrogen) atoms. The van der Waals surface area contributed by atoms with E-state index in [2.05, 4.69) is 54.8 Å². The van der Waals surface area contributed by atoms with Crippen molar-refractivity contribution < 1.29 is 0 Å². The van der Waals surface area contributed by atoms with Crippen LogP contribution in [0, 0.1) is 0 Å². The Kier molecular flexibility index (Phi) is 4.79. The van der Waals surface area contributed by atoms with E-state index in [1.807, 2.05) is 0 Å². The summed E-state index contributed by atoms with van der Waals surface area (Å²) in [6.45, 7) is 13.9. The average molecular weight is 246 g/mol. The number of hydrogen-bond donors (Lipinski definition) is 0. The lowest BCUT2D eigenvalue weighted by atomic mass is 10.0. The molecule has 100 valence electrons. The van der Waals surface area contributed by atoms with Crippen molar-refractivity contribution in [3.05, 3.63) is 35.4 Å². The molecule has 1 fully saturated rings. The molecule has 1 saturated heterocycles. The Bertz CT molecular complexity index is 348. The quantitative estimate of drug-likeness (QED) is 0.806. The van der Waals surface area contributed by atoms with Crippen LogP contribution < -0.4 is 0 Å². The Labute approximate surface area is 112 Å². The van der Waals surface area contributed by atoms with Crippen LogP contribution in [0.25, 0.3) is 0 Å². The molecule has 2 rings (SSSR count). The summed E-state index contributed by atoms with van der Waals surface area (Å²) in [7, 11) is 0. The maximum Gasteiger partial charge on any atom is 0.0234 e. The fraction of sp³-hybridized carbons (Fsp3) is 0.625. The zero-order chi connectivity index (χ0) is 13.0. The summed E-state index contributed by atoms with van der Waals surface area (Å²) in [5.41, 5.74) is 2.89. The van der Waals surface area contributed by atoms with Crippen LogP contribution >= 0.6 is 0 Å². The fourth-order valence-electron chi connectivity index (χ4n) is 2.53. The van der Waals surface area contributed by atoms with Crippen LogP contribution in [0.15, 0.2) is 24.3 Å². The Morgan fingerprint density at radius 3 is 2.00 bits per heavy atom. The van der Waals surface area contributed by atoms with Gasteiger partial charge in [0.1, 0.15) is 0 Å². The number of nitrogens with zero attached hydrogens (tertiary/aromatic N) is 2. The molecule has 0 spiro atoms. The standard InChI is InChI=1S/C16H26N2/c1-4-17-9-11-18(12-10-17)13-15-5-7-16(8-6-15)14(2)3/h5-8,14H,4,9-13H2,1-3H3. The molecule has 1 heterocycles. The lowest BCUT2D eigenvalue weighted by molar-refractivity contribution is 0.132. The minimum atomic E-state index is 0.632. The smallest absolute Gasteiger partial charge is 0.0234 e. The van der Waals surface area contributed by atoms with E-state index in [0.717, 1.165) is 6.54 Å². The summed E-state index contributed by atoms with van der Waals surface area (Å²) in [4.78, 5) is 5.09. The highest BCUT2D eigenvalue weighted by Gasteiger charge is 2.15. The van der Waals surface area contributed by atoms with Gasteiger partial charge in [-0.3, -0.25) is 4.90 Å². The molecular weight excluding hydrogens is 220 g/mol. The lowest BCUT2D eigenvalue weighted by Crippen LogP contribution is -2.45. The normalized spacial score (nSPS) is 18.4. The monoisotopic (exact) mass is 246 g/mol. The highest BCUT2D eigenvalue weighted by molar-refractivity contribution is 5.24. The van der Waals surface area contributed by atoms with Crippen molar-refractivity contribution in [1.29, 1.82) is 0 Å². The van der Waals surface area contributed by atoms with E-state index in [4.69, 9.17) is 0 Å². The van der Waals surface area contributed by atoms with Gasteiger partial charge in [0.05, 0.1) is 0 Å². The molecule has 0 radical (unpaired) electrons. The van der Waals surface area contributed by atoms with Crippen molar-refractivity contribution in [1.82, 2.24) is 9.80 Å². The summed E-state index contributed by atoms with van der Waals surface area (Å²) in [5, 5.41) is 0. The second-order valence-electron chi connectivity index (χ2n) is 5.61. The highest BCUT2D eigenvalue weighted by atomic mass is 15.3. The van der Waals surface area contributed by atoms with Crippen LogP contribution in [-0.2, 0) is 6.54 Å². The van der Waals surface area contributed by atoms with E-state index in [0.29, 0.717) is 5.92 Å². The molecular formula is C16H26N2. The van der Waals surface area contributed by atoms with Gasteiger partial charge in [0.15, 0.2) is 0 Å². The number of hydrogen-bond acceptors (Lipinski definition) is 2. The molecule has 1 aliphatic heterocycles. The third-order valence-electron chi connectivity index (χ3n) is 3.96. The van der Waals surface area contributed by atoms with Crippen LogP contribution in [-0.4, -0.2) is 42.5 Å². The predicted molar refractivity (Wildman–Crippen MR) is 77.9 cm³/mol. The topological polar surface area (TPSA) is 6.48 Å². The Hall–Kier alpha value is -0.860. The molecule has 0 unspecified atom stereocenters. The van der Waals surface area contributed by atoms with E-state index in [1.165, 1.54) is 43.9 Å². The van der Waals surface area contributed by atoms with Gasteiger partial charge in [-0.25, -0.2) is 0 Å². The average Bonchev–Trinajstić information content (AvgIpc) is 2.40. The van der Waals surface area contributed by atoms with Gasteiger partial charge in [-0.2, -0.15) is 0 Å². The van der Waals surface area contributed by atoms with Crippen molar-refractivity contribution in [2.45, 2.75) is 33.2 Å². The lowest BCUT2D eigenvalue weighted by Gasteiger charge is -2.34. The molecule has 1 aromatic rings. The van der Waals surface area contributed by atoms with Crippen LogP contribution in [0.3, 0.4) is 0 Å². The number of piperazine rings is 1. The van der Waals surface area contributed by atoms with Crippen LogP contribution in [0.1, 0.15) is 37.8 Å². The summed E-state index contributed by atoms with van der Waals surface area (Å²) in [6.07, 6.45) is 0. The van der Waals surface area contributed by atoms with Crippen molar-refractivity contribution in [3.63, 3.8) is 0 Å². The molecule has 0 aromatic heterocycles. The maximum atomic E-state index is 2.57. The fourth-order valence-corrected chi connectivity index (χ4v) is 2.53. The van der Waals surface area contributed by atoms with Gasteiger partial charge in [-0.05, 0) is 23.6 Å². The predicted octanol–water partition coefficient (Wildman–Crippen LogP) is 2.95. The van der Waals surface area contributed by atoms with Gasteiger partial charge >= 0.3 is 0 Å². The Balaban J connectivity index is 1.86. The molecule has 0 saturated carbocycles. The second-order valence-corrected chi connectivity index (χ2v) is 5.61. The zero-order valence-corrected chi connectivity index (χ0v) is 12.0. The first-order valence-corrected chi connectivity index (χ1v) is 7.22. The Morgan fingerprint density at radius 1 is 0.944 bits per heavy atom. The first-order valence-electron chi connectivity index (χ1n) is 7.22. The molecule has 1 aromatic carbocycles. The van der Waals surface area contributed by atoms with Crippen molar-refractivity contribution in [2.75, 3.05) is 32.7 Å². The minimum absolute atomic E-state index is 0.632. The third kappa shape index (κ3) is 3.56. The van der Waals surface area contributed by atoms with Crippen LogP contribution in [0.5, 0.6) is 0 Å². The molecule has 0 amide bonds. The van der Waals surface area contributed by atoms with Gasteiger partial charge in [0.2, 0.25) is 0 Å². The molecule has 2 nitrogen and oxygen atoms in total. The van der Waals surface area contributed by atoms with E-state index >= 15 is 0 Å². The number of rotatable bonds is 4. The number of likely N-dealkylation sites (N-methyl/N-ethyl adjacent to an activating group) is 1. The zero-order valence-electron chi connectivity index (χ0n) is 12.0. The van der Waals surface area contributed by atoms with E-state index in [1.54, 1.807) is 0 Å². The maximum absolute atomic E-state index is 2.57. The summed E-state index contributed by atoms with van der Waals surface area (Å²) >= 11 is 0. The van der Waals surface area contributed by atoms with Gasteiger partial charge in [0, 0.05) is 32.7 Å². The third-order valence-corrected chi connectivity index (χ3v) is 3.96. The van der Waals surface area contributed by atoms with E-state index in [-0.39, 0.29) is 0 Å².